The molecule has 1 heterocycles. The minimum atomic E-state index is -0.143. The first-order valence-electron chi connectivity index (χ1n) is 8.58. The van der Waals surface area contributed by atoms with E-state index in [1.807, 2.05) is 18.2 Å². The van der Waals surface area contributed by atoms with Crippen molar-refractivity contribution in [3.8, 4) is 0 Å². The maximum atomic E-state index is 12.8. The monoisotopic (exact) mass is 335 g/mol. The van der Waals surface area contributed by atoms with Gasteiger partial charge in [-0.15, -0.1) is 11.3 Å². The van der Waals surface area contributed by atoms with Crippen molar-refractivity contribution in [2.45, 2.75) is 37.6 Å². The first-order valence-corrected chi connectivity index (χ1v) is 9.46. The number of nitrogens with one attached hydrogen (secondary N) is 1. The van der Waals surface area contributed by atoms with Gasteiger partial charge in [0.1, 0.15) is 0 Å². The summed E-state index contributed by atoms with van der Waals surface area (Å²) in [6, 6.07) is 18.7. The molecule has 4 rings (SSSR count). The van der Waals surface area contributed by atoms with Crippen molar-refractivity contribution in [2.75, 3.05) is 0 Å². The molecule has 0 bridgehead atoms. The molecule has 0 radical (unpaired) electrons. The van der Waals surface area contributed by atoms with Crippen molar-refractivity contribution in [2.24, 2.45) is 0 Å². The molecule has 1 aliphatic carbocycles. The second kappa shape index (κ2) is 6.40. The van der Waals surface area contributed by atoms with Gasteiger partial charge in [-0.05, 0) is 40.6 Å². The molecule has 1 fully saturated rings. The molecule has 1 saturated carbocycles. The van der Waals surface area contributed by atoms with Gasteiger partial charge in [-0.3, -0.25) is 4.79 Å². The van der Waals surface area contributed by atoms with E-state index in [-0.39, 0.29) is 11.4 Å². The van der Waals surface area contributed by atoms with E-state index in [1.165, 1.54) is 28.5 Å². The molecular weight excluding hydrogens is 314 g/mol. The minimum Gasteiger partial charge on any atom is -0.345 e. The molecule has 122 valence electrons. The summed E-state index contributed by atoms with van der Waals surface area (Å²) >= 11 is 1.76. The van der Waals surface area contributed by atoms with Crippen LogP contribution in [0, 0.1) is 0 Å². The summed E-state index contributed by atoms with van der Waals surface area (Å²) in [5.41, 5.74) is 0.959. The Hall–Kier alpha value is -2.13. The highest BCUT2D eigenvalue weighted by molar-refractivity contribution is 7.10. The zero-order valence-electron chi connectivity index (χ0n) is 13.6. The first-order chi connectivity index (χ1) is 11.8. The molecule has 1 N–H and O–H groups in total. The van der Waals surface area contributed by atoms with Crippen LogP contribution in [0.4, 0.5) is 0 Å². The molecule has 0 saturated heterocycles. The fourth-order valence-electron chi connectivity index (χ4n) is 3.89. The number of carbonyl (C=O) groups excluding carboxylic acids is 1. The maximum absolute atomic E-state index is 12.8. The molecule has 3 aromatic rings. The SMILES string of the molecule is O=C(Cc1cccc2ccccc12)NC1(c2cccs2)CCCC1. The van der Waals surface area contributed by atoms with Gasteiger partial charge in [0, 0.05) is 4.88 Å². The quantitative estimate of drug-likeness (QED) is 0.712. The number of benzene rings is 2. The van der Waals surface area contributed by atoms with E-state index < -0.39 is 0 Å². The van der Waals surface area contributed by atoms with E-state index in [1.54, 1.807) is 11.3 Å². The molecular formula is C21H21NOS. The van der Waals surface area contributed by atoms with Gasteiger partial charge in [0.2, 0.25) is 5.91 Å². The van der Waals surface area contributed by atoms with Crippen LogP contribution in [0.1, 0.15) is 36.1 Å². The number of hydrogen-bond acceptors (Lipinski definition) is 2. The van der Waals surface area contributed by atoms with Gasteiger partial charge in [0.15, 0.2) is 0 Å². The van der Waals surface area contributed by atoms with E-state index in [4.69, 9.17) is 0 Å². The van der Waals surface area contributed by atoms with Crippen molar-refractivity contribution < 1.29 is 4.79 Å². The van der Waals surface area contributed by atoms with Crippen LogP contribution < -0.4 is 5.32 Å². The second-order valence-electron chi connectivity index (χ2n) is 6.63. The Morgan fingerprint density at radius 3 is 2.58 bits per heavy atom. The van der Waals surface area contributed by atoms with Crippen LogP contribution in [-0.2, 0) is 16.8 Å². The van der Waals surface area contributed by atoms with E-state index in [0.717, 1.165) is 18.4 Å². The third kappa shape index (κ3) is 2.84. The van der Waals surface area contributed by atoms with Crippen molar-refractivity contribution in [3.63, 3.8) is 0 Å². The van der Waals surface area contributed by atoms with Crippen LogP contribution in [0.15, 0.2) is 60.0 Å². The molecule has 0 atom stereocenters. The Bertz CT molecular complexity index is 842. The zero-order valence-corrected chi connectivity index (χ0v) is 14.4. The Balaban J connectivity index is 1.58. The molecule has 0 spiro atoms. The normalized spacial score (nSPS) is 16.3. The molecule has 0 unspecified atom stereocenters. The average Bonchev–Trinajstić information content (AvgIpc) is 3.27. The molecule has 2 nitrogen and oxygen atoms in total. The Morgan fingerprint density at radius 1 is 1.00 bits per heavy atom. The standard InChI is InChI=1S/C21H21NOS/c23-20(15-17-9-5-8-16-7-1-2-10-18(16)17)22-21(12-3-4-13-21)19-11-6-14-24-19/h1-2,5-11,14H,3-4,12-13,15H2,(H,22,23). The Morgan fingerprint density at radius 2 is 1.79 bits per heavy atom. The van der Waals surface area contributed by atoms with Crippen molar-refractivity contribution in [1.82, 2.24) is 5.32 Å². The Kier molecular flexibility index (Phi) is 4.11. The highest BCUT2D eigenvalue weighted by Crippen LogP contribution is 2.40. The van der Waals surface area contributed by atoms with Gasteiger partial charge in [-0.1, -0.05) is 61.4 Å². The summed E-state index contributed by atoms with van der Waals surface area (Å²) in [6.07, 6.45) is 4.91. The second-order valence-corrected chi connectivity index (χ2v) is 7.58. The summed E-state index contributed by atoms with van der Waals surface area (Å²) in [5.74, 6) is 0.127. The number of amides is 1. The third-order valence-electron chi connectivity index (χ3n) is 5.06. The topological polar surface area (TPSA) is 29.1 Å². The number of fused-ring (bicyclic) bond motifs is 1. The fourth-order valence-corrected chi connectivity index (χ4v) is 4.83. The molecule has 0 aliphatic heterocycles. The fraction of sp³-hybridized carbons (Fsp3) is 0.286. The van der Waals surface area contributed by atoms with Crippen LogP contribution in [0.25, 0.3) is 10.8 Å². The number of rotatable bonds is 4. The van der Waals surface area contributed by atoms with Gasteiger partial charge in [0.05, 0.1) is 12.0 Å². The predicted molar refractivity (Wildman–Crippen MR) is 100 cm³/mol. The van der Waals surface area contributed by atoms with Gasteiger partial charge < -0.3 is 5.32 Å². The van der Waals surface area contributed by atoms with Crippen LogP contribution >= 0.6 is 11.3 Å². The summed E-state index contributed by atoms with van der Waals surface area (Å²) in [4.78, 5) is 14.1. The van der Waals surface area contributed by atoms with Gasteiger partial charge >= 0.3 is 0 Å². The Labute approximate surface area is 146 Å². The van der Waals surface area contributed by atoms with E-state index >= 15 is 0 Å². The van der Waals surface area contributed by atoms with Gasteiger partial charge in [-0.2, -0.15) is 0 Å². The van der Waals surface area contributed by atoms with Crippen LogP contribution in [-0.4, -0.2) is 5.91 Å². The summed E-state index contributed by atoms with van der Waals surface area (Å²) in [7, 11) is 0. The van der Waals surface area contributed by atoms with Gasteiger partial charge in [-0.25, -0.2) is 0 Å². The van der Waals surface area contributed by atoms with E-state index in [9.17, 15) is 4.79 Å². The average molecular weight is 335 g/mol. The van der Waals surface area contributed by atoms with E-state index in [2.05, 4.69) is 47.1 Å². The van der Waals surface area contributed by atoms with Crippen molar-refractivity contribution in [3.05, 3.63) is 70.4 Å². The molecule has 1 aliphatic rings. The molecule has 2 aromatic carbocycles. The van der Waals surface area contributed by atoms with Crippen molar-refractivity contribution >= 4 is 28.0 Å². The lowest BCUT2D eigenvalue weighted by Crippen LogP contribution is -2.43. The minimum absolute atomic E-state index is 0.127. The van der Waals surface area contributed by atoms with Crippen LogP contribution in [0.3, 0.4) is 0 Å². The first kappa shape index (κ1) is 15.4. The highest BCUT2D eigenvalue weighted by Gasteiger charge is 2.37. The highest BCUT2D eigenvalue weighted by atomic mass is 32.1. The molecule has 3 heteroatoms. The summed E-state index contributed by atoms with van der Waals surface area (Å²) in [5, 5.41) is 7.85. The number of carbonyl (C=O) groups is 1. The smallest absolute Gasteiger partial charge is 0.225 e. The lowest BCUT2D eigenvalue weighted by Gasteiger charge is -2.29. The molecule has 1 amide bonds. The third-order valence-corrected chi connectivity index (χ3v) is 6.13. The number of thiophene rings is 1. The van der Waals surface area contributed by atoms with Gasteiger partial charge in [0.25, 0.3) is 0 Å². The van der Waals surface area contributed by atoms with Crippen LogP contribution in [0.5, 0.6) is 0 Å². The molecule has 24 heavy (non-hydrogen) atoms. The van der Waals surface area contributed by atoms with E-state index in [0.29, 0.717) is 6.42 Å². The predicted octanol–water partition coefficient (Wildman–Crippen LogP) is 5.03. The summed E-state index contributed by atoms with van der Waals surface area (Å²) < 4.78 is 0. The zero-order chi connectivity index (χ0) is 16.4. The number of hydrogen-bond donors (Lipinski definition) is 1. The lowest BCUT2D eigenvalue weighted by molar-refractivity contribution is -0.122. The summed E-state index contributed by atoms with van der Waals surface area (Å²) in [6.45, 7) is 0. The lowest BCUT2D eigenvalue weighted by atomic mass is 9.94. The largest absolute Gasteiger partial charge is 0.345 e. The maximum Gasteiger partial charge on any atom is 0.225 e. The van der Waals surface area contributed by atoms with Crippen molar-refractivity contribution in [1.29, 1.82) is 0 Å². The molecule has 1 aromatic heterocycles. The van der Waals surface area contributed by atoms with Crippen LogP contribution in [0.2, 0.25) is 0 Å².